The molecule has 3 aromatic carbocycles. The second-order valence-electron chi connectivity index (χ2n) is 10.3. The Hall–Kier alpha value is -4.88. The number of tetrazole rings is 1. The van der Waals surface area contributed by atoms with Gasteiger partial charge in [0.2, 0.25) is 5.82 Å². The van der Waals surface area contributed by atoms with E-state index in [0.29, 0.717) is 23.4 Å². The summed E-state index contributed by atoms with van der Waals surface area (Å²) in [7, 11) is 1.61. The number of nitrogens with zero attached hydrogens (tertiary/aromatic N) is 5. The minimum Gasteiger partial charge on any atom is -0.497 e. The highest BCUT2D eigenvalue weighted by molar-refractivity contribution is 7.10. The Morgan fingerprint density at radius 3 is 2.59 bits per heavy atom. The number of methoxy groups -OCH3 is 1. The van der Waals surface area contributed by atoms with Crippen LogP contribution in [0.5, 0.6) is 5.75 Å². The SMILES string of the molecule is COc1ccc(Cn2nnc(-c3ccc(C(=O)Nc4cccc(C#Cc5nc(C(C)(C)C)cs5)c4)c(F)c3)n2)cc1. The molecule has 5 rings (SSSR count). The van der Waals surface area contributed by atoms with E-state index in [0.717, 1.165) is 22.0 Å². The van der Waals surface area contributed by atoms with E-state index in [9.17, 15) is 4.79 Å². The lowest BCUT2D eigenvalue weighted by atomic mass is 9.93. The quantitative estimate of drug-likeness (QED) is 0.256. The van der Waals surface area contributed by atoms with E-state index in [1.54, 1.807) is 31.4 Å². The maximum atomic E-state index is 15.0. The summed E-state index contributed by atoms with van der Waals surface area (Å²) in [5.41, 5.74) is 3.43. The van der Waals surface area contributed by atoms with Crippen LogP contribution in [0.4, 0.5) is 10.1 Å². The highest BCUT2D eigenvalue weighted by atomic mass is 32.1. The fourth-order valence-electron chi connectivity index (χ4n) is 3.83. The molecule has 10 heteroatoms. The third-order valence-electron chi connectivity index (χ3n) is 6.11. The van der Waals surface area contributed by atoms with E-state index in [2.05, 4.69) is 58.3 Å². The minimum absolute atomic E-state index is 0.0407. The lowest BCUT2D eigenvalue weighted by molar-refractivity contribution is 0.102. The predicted molar refractivity (Wildman–Crippen MR) is 156 cm³/mol. The maximum Gasteiger partial charge on any atom is 0.258 e. The van der Waals surface area contributed by atoms with Crippen molar-refractivity contribution < 1.29 is 13.9 Å². The van der Waals surface area contributed by atoms with Gasteiger partial charge in [0.25, 0.3) is 5.91 Å². The summed E-state index contributed by atoms with van der Waals surface area (Å²) >= 11 is 1.50. The van der Waals surface area contributed by atoms with Crippen molar-refractivity contribution in [3.63, 3.8) is 0 Å². The summed E-state index contributed by atoms with van der Waals surface area (Å²) in [4.78, 5) is 18.9. The van der Waals surface area contributed by atoms with Crippen molar-refractivity contribution in [3.05, 3.63) is 105 Å². The summed E-state index contributed by atoms with van der Waals surface area (Å²) in [6.07, 6.45) is 0. The summed E-state index contributed by atoms with van der Waals surface area (Å²) in [6.45, 7) is 6.71. The second kappa shape index (κ2) is 11.7. The average molecular weight is 567 g/mol. The van der Waals surface area contributed by atoms with E-state index < -0.39 is 11.7 Å². The van der Waals surface area contributed by atoms with E-state index in [1.807, 2.05) is 35.7 Å². The largest absolute Gasteiger partial charge is 0.497 e. The molecule has 0 saturated carbocycles. The van der Waals surface area contributed by atoms with Gasteiger partial charge in [-0.05, 0) is 59.2 Å². The normalized spacial score (nSPS) is 11.0. The number of anilines is 1. The molecule has 2 heterocycles. The lowest BCUT2D eigenvalue weighted by Crippen LogP contribution is -2.14. The molecule has 5 aromatic rings. The number of carbonyl (C=O) groups is 1. The fourth-order valence-corrected chi connectivity index (χ4v) is 4.72. The highest BCUT2D eigenvalue weighted by Gasteiger charge is 2.17. The maximum absolute atomic E-state index is 15.0. The molecular weight excluding hydrogens is 539 g/mol. The van der Waals surface area contributed by atoms with Crippen molar-refractivity contribution in [1.82, 2.24) is 25.2 Å². The Morgan fingerprint density at radius 2 is 1.88 bits per heavy atom. The monoisotopic (exact) mass is 566 g/mol. The van der Waals surface area contributed by atoms with Crippen LogP contribution in [0.3, 0.4) is 0 Å². The van der Waals surface area contributed by atoms with Gasteiger partial charge in [-0.1, -0.05) is 51.0 Å². The van der Waals surface area contributed by atoms with E-state index in [-0.39, 0.29) is 16.8 Å². The molecule has 0 aliphatic carbocycles. The molecule has 206 valence electrons. The summed E-state index contributed by atoms with van der Waals surface area (Å²) < 4.78 is 20.2. The van der Waals surface area contributed by atoms with Gasteiger partial charge in [0, 0.05) is 27.6 Å². The number of carbonyl (C=O) groups excluding carboxylic acids is 1. The van der Waals surface area contributed by atoms with Gasteiger partial charge < -0.3 is 10.1 Å². The highest BCUT2D eigenvalue weighted by Crippen LogP contribution is 2.24. The first kappa shape index (κ1) is 27.7. The smallest absolute Gasteiger partial charge is 0.258 e. The van der Waals surface area contributed by atoms with Crippen LogP contribution in [-0.2, 0) is 12.0 Å². The first-order chi connectivity index (χ1) is 19.7. The van der Waals surface area contributed by atoms with Crippen LogP contribution in [0.25, 0.3) is 11.4 Å². The van der Waals surface area contributed by atoms with Gasteiger partial charge in [-0.2, -0.15) is 4.80 Å². The number of aromatic nitrogens is 5. The lowest BCUT2D eigenvalue weighted by Gasteiger charge is -2.13. The molecule has 0 spiro atoms. The molecule has 0 aliphatic rings. The Bertz CT molecular complexity index is 1760. The Balaban J connectivity index is 1.25. The first-order valence-electron chi connectivity index (χ1n) is 12.8. The molecule has 0 saturated heterocycles. The van der Waals surface area contributed by atoms with Crippen LogP contribution < -0.4 is 10.1 Å². The van der Waals surface area contributed by atoms with Crippen LogP contribution in [0.1, 0.15) is 53.0 Å². The third-order valence-corrected chi connectivity index (χ3v) is 6.87. The van der Waals surface area contributed by atoms with Crippen LogP contribution in [0.2, 0.25) is 0 Å². The van der Waals surface area contributed by atoms with Crippen molar-refractivity contribution in [2.45, 2.75) is 32.7 Å². The van der Waals surface area contributed by atoms with E-state index in [4.69, 9.17) is 4.74 Å². The zero-order valence-electron chi connectivity index (χ0n) is 23.0. The predicted octanol–water partition coefficient (Wildman–Crippen LogP) is 5.94. The fraction of sp³-hybridized carbons (Fsp3) is 0.194. The van der Waals surface area contributed by atoms with Gasteiger partial charge in [-0.25, -0.2) is 9.37 Å². The third kappa shape index (κ3) is 6.83. The molecule has 0 bridgehead atoms. The van der Waals surface area contributed by atoms with Gasteiger partial charge in [-0.15, -0.1) is 21.5 Å². The number of halogens is 1. The zero-order valence-corrected chi connectivity index (χ0v) is 23.8. The van der Waals surface area contributed by atoms with Gasteiger partial charge in [-0.3, -0.25) is 4.79 Å². The summed E-state index contributed by atoms with van der Waals surface area (Å²) in [5.74, 6) is 5.90. The van der Waals surface area contributed by atoms with Gasteiger partial charge in [0.1, 0.15) is 11.6 Å². The molecule has 2 aromatic heterocycles. The minimum atomic E-state index is -0.694. The number of rotatable bonds is 6. The van der Waals surface area contributed by atoms with Crippen LogP contribution in [-0.4, -0.2) is 38.2 Å². The Kier molecular flexibility index (Phi) is 7.90. The number of amides is 1. The van der Waals surface area contributed by atoms with Crippen molar-refractivity contribution >= 4 is 22.9 Å². The number of ether oxygens (including phenoxy) is 1. The van der Waals surface area contributed by atoms with Crippen LogP contribution >= 0.6 is 11.3 Å². The van der Waals surface area contributed by atoms with Gasteiger partial charge in [0.05, 0.1) is 24.9 Å². The van der Waals surface area contributed by atoms with E-state index in [1.165, 1.54) is 28.3 Å². The molecule has 0 unspecified atom stereocenters. The molecule has 41 heavy (non-hydrogen) atoms. The first-order valence-corrected chi connectivity index (χ1v) is 13.7. The van der Waals surface area contributed by atoms with Gasteiger partial charge >= 0.3 is 0 Å². The number of nitrogens with one attached hydrogen (secondary N) is 1. The molecule has 1 amide bonds. The van der Waals surface area contributed by atoms with Gasteiger partial charge in [0.15, 0.2) is 5.01 Å². The molecule has 0 radical (unpaired) electrons. The van der Waals surface area contributed by atoms with Crippen molar-refractivity contribution in [3.8, 4) is 29.0 Å². The molecule has 0 fully saturated rings. The summed E-state index contributed by atoms with van der Waals surface area (Å²) in [5, 5.41) is 17.9. The van der Waals surface area contributed by atoms with Crippen molar-refractivity contribution in [2.75, 3.05) is 12.4 Å². The van der Waals surface area contributed by atoms with E-state index >= 15 is 4.39 Å². The number of hydrogen-bond acceptors (Lipinski definition) is 7. The van der Waals surface area contributed by atoms with Crippen LogP contribution in [0.15, 0.2) is 72.1 Å². The zero-order chi connectivity index (χ0) is 29.0. The Labute approximate surface area is 241 Å². The topological polar surface area (TPSA) is 94.8 Å². The molecular formula is C31H27FN6O2S. The van der Waals surface area contributed by atoms with Crippen LogP contribution in [0, 0.1) is 17.7 Å². The second-order valence-corrected chi connectivity index (χ2v) is 11.1. The standard InChI is InChI=1S/C31H27FN6O2S/c1-31(2,3)27-19-41-28(34-27)15-10-20-6-5-7-23(16-20)33-30(39)25-14-11-22(17-26(25)32)29-35-37-38(36-29)18-21-8-12-24(40-4)13-9-21/h5-9,11-14,16-17,19H,18H2,1-4H3,(H,33,39). The van der Waals surface area contributed by atoms with Crippen molar-refractivity contribution in [1.29, 1.82) is 0 Å². The molecule has 8 nitrogen and oxygen atoms in total. The number of benzene rings is 3. The molecule has 1 N–H and O–H groups in total. The Morgan fingerprint density at radius 1 is 1.07 bits per heavy atom. The number of thiazole rings is 1. The molecule has 0 atom stereocenters. The van der Waals surface area contributed by atoms with Crippen molar-refractivity contribution in [2.24, 2.45) is 0 Å². The number of hydrogen-bond donors (Lipinski definition) is 1. The summed E-state index contributed by atoms with van der Waals surface area (Å²) in [6, 6.07) is 18.8. The average Bonchev–Trinajstić information content (AvgIpc) is 3.63. The molecule has 0 aliphatic heterocycles.